The number of hydrogen-bond donors (Lipinski definition) is 1. The Hall–Kier alpha value is -0.0800. The van der Waals surface area contributed by atoms with Gasteiger partial charge in [0.05, 0.1) is 13.2 Å². The Morgan fingerprint density at radius 1 is 1.60 bits per heavy atom. The molecule has 0 aromatic rings. The van der Waals surface area contributed by atoms with Gasteiger partial charge < -0.3 is 10.5 Å². The summed E-state index contributed by atoms with van der Waals surface area (Å²) in [5.74, 6) is 0.846. The van der Waals surface area contributed by atoms with Crippen molar-refractivity contribution in [3.63, 3.8) is 0 Å². The largest absolute Gasteiger partial charge is 0.381 e. The van der Waals surface area contributed by atoms with Crippen molar-refractivity contribution in [2.24, 2.45) is 11.7 Å². The van der Waals surface area contributed by atoms with E-state index in [4.69, 9.17) is 10.5 Å². The molecule has 2 N–H and O–H groups in total. The normalized spacial score (nSPS) is 22.2. The molecule has 0 saturated carbocycles. The number of nitrogens with two attached hydrogens (primary N) is 1. The van der Waals surface area contributed by atoms with E-state index in [2.05, 4.69) is 6.92 Å². The summed E-state index contributed by atoms with van der Waals surface area (Å²) in [5.41, 5.74) is 5.61. The molecule has 1 atom stereocenters. The van der Waals surface area contributed by atoms with Gasteiger partial charge in [-0.05, 0) is 19.8 Å². The van der Waals surface area contributed by atoms with Crippen molar-refractivity contribution in [2.45, 2.75) is 32.2 Å². The predicted molar refractivity (Wildman–Crippen MR) is 41.8 cm³/mol. The van der Waals surface area contributed by atoms with Crippen LogP contribution < -0.4 is 5.73 Å². The van der Waals surface area contributed by atoms with E-state index in [1.54, 1.807) is 0 Å². The van der Waals surface area contributed by atoms with E-state index in [0.717, 1.165) is 25.6 Å². The van der Waals surface area contributed by atoms with Crippen LogP contribution in [0.1, 0.15) is 26.2 Å². The quantitative estimate of drug-likeness (QED) is 0.640. The highest BCUT2D eigenvalue weighted by molar-refractivity contribution is 4.66. The average molecular weight is 143 g/mol. The monoisotopic (exact) mass is 143 g/mol. The molecule has 1 saturated heterocycles. The van der Waals surface area contributed by atoms with E-state index in [1.165, 1.54) is 12.8 Å². The summed E-state index contributed by atoms with van der Waals surface area (Å²) in [5, 5.41) is 0. The molecule has 0 aliphatic carbocycles. The van der Waals surface area contributed by atoms with E-state index in [0.29, 0.717) is 6.04 Å². The molecule has 1 rings (SSSR count). The first-order valence-corrected chi connectivity index (χ1v) is 4.12. The Morgan fingerprint density at radius 2 is 2.30 bits per heavy atom. The zero-order valence-corrected chi connectivity index (χ0v) is 6.68. The van der Waals surface area contributed by atoms with E-state index >= 15 is 0 Å². The summed E-state index contributed by atoms with van der Waals surface area (Å²) >= 11 is 0. The standard InChI is InChI=1S/C8H17NO/c1-7(9)3-2-4-8-5-10-6-8/h7-8H,2-6,9H2,1H3. The zero-order valence-electron chi connectivity index (χ0n) is 6.68. The molecule has 10 heavy (non-hydrogen) atoms. The summed E-state index contributed by atoms with van der Waals surface area (Å²) < 4.78 is 5.06. The zero-order chi connectivity index (χ0) is 7.40. The number of ether oxygens (including phenoxy) is 1. The molecular weight excluding hydrogens is 126 g/mol. The summed E-state index contributed by atoms with van der Waals surface area (Å²) in [6, 6.07) is 0.376. The lowest BCUT2D eigenvalue weighted by atomic mass is 9.99. The van der Waals surface area contributed by atoms with Gasteiger partial charge in [-0.15, -0.1) is 0 Å². The van der Waals surface area contributed by atoms with Gasteiger partial charge in [-0.3, -0.25) is 0 Å². The molecule has 0 aromatic carbocycles. The van der Waals surface area contributed by atoms with Gasteiger partial charge in [0.2, 0.25) is 0 Å². The van der Waals surface area contributed by atoms with Crippen LogP contribution in [0.4, 0.5) is 0 Å². The Balaban J connectivity index is 1.85. The van der Waals surface area contributed by atoms with Crippen molar-refractivity contribution < 1.29 is 4.74 Å². The Morgan fingerprint density at radius 3 is 2.70 bits per heavy atom. The first kappa shape index (κ1) is 8.02. The molecular formula is C8H17NO. The van der Waals surface area contributed by atoms with E-state index in [1.807, 2.05) is 0 Å². The molecule has 1 aliphatic rings. The van der Waals surface area contributed by atoms with Crippen molar-refractivity contribution in [2.75, 3.05) is 13.2 Å². The van der Waals surface area contributed by atoms with E-state index < -0.39 is 0 Å². The van der Waals surface area contributed by atoms with Gasteiger partial charge in [-0.2, -0.15) is 0 Å². The third-order valence-electron chi connectivity index (χ3n) is 1.98. The highest BCUT2D eigenvalue weighted by atomic mass is 16.5. The lowest BCUT2D eigenvalue weighted by Crippen LogP contribution is -2.27. The van der Waals surface area contributed by atoms with Crippen LogP contribution in [-0.2, 0) is 4.74 Å². The van der Waals surface area contributed by atoms with E-state index in [9.17, 15) is 0 Å². The maximum Gasteiger partial charge on any atom is 0.0516 e. The molecule has 1 heterocycles. The molecule has 2 heteroatoms. The van der Waals surface area contributed by atoms with Crippen LogP contribution >= 0.6 is 0 Å². The first-order valence-electron chi connectivity index (χ1n) is 4.12. The van der Waals surface area contributed by atoms with Gasteiger partial charge >= 0.3 is 0 Å². The molecule has 1 unspecified atom stereocenters. The minimum absolute atomic E-state index is 0.376. The van der Waals surface area contributed by atoms with Crippen molar-refractivity contribution >= 4 is 0 Å². The van der Waals surface area contributed by atoms with Crippen molar-refractivity contribution in [3.05, 3.63) is 0 Å². The minimum Gasteiger partial charge on any atom is -0.381 e. The van der Waals surface area contributed by atoms with Crippen LogP contribution in [0.25, 0.3) is 0 Å². The van der Waals surface area contributed by atoms with Gasteiger partial charge in [0.25, 0.3) is 0 Å². The predicted octanol–water partition coefficient (Wildman–Crippen LogP) is 1.15. The molecule has 0 aromatic heterocycles. The summed E-state index contributed by atoms with van der Waals surface area (Å²) in [6.07, 6.45) is 3.74. The Labute approximate surface area is 62.7 Å². The first-order chi connectivity index (χ1) is 4.79. The van der Waals surface area contributed by atoms with Crippen LogP contribution in [0.2, 0.25) is 0 Å². The molecule has 0 spiro atoms. The van der Waals surface area contributed by atoms with Crippen molar-refractivity contribution in [3.8, 4) is 0 Å². The van der Waals surface area contributed by atoms with E-state index in [-0.39, 0.29) is 0 Å². The van der Waals surface area contributed by atoms with Crippen molar-refractivity contribution in [1.82, 2.24) is 0 Å². The molecule has 0 bridgehead atoms. The van der Waals surface area contributed by atoms with Crippen LogP contribution in [0.3, 0.4) is 0 Å². The summed E-state index contributed by atoms with van der Waals surface area (Å²) in [7, 11) is 0. The van der Waals surface area contributed by atoms with Crippen molar-refractivity contribution in [1.29, 1.82) is 0 Å². The third kappa shape index (κ3) is 2.67. The van der Waals surface area contributed by atoms with Crippen LogP contribution in [0.5, 0.6) is 0 Å². The second-order valence-corrected chi connectivity index (χ2v) is 3.31. The SMILES string of the molecule is CC(N)CCCC1COC1. The van der Waals surface area contributed by atoms with Gasteiger partial charge in [0.1, 0.15) is 0 Å². The summed E-state index contributed by atoms with van der Waals surface area (Å²) in [6.45, 7) is 4.04. The fourth-order valence-electron chi connectivity index (χ4n) is 1.18. The van der Waals surface area contributed by atoms with Gasteiger partial charge in [-0.1, -0.05) is 6.42 Å². The fraction of sp³-hybridized carbons (Fsp3) is 1.00. The van der Waals surface area contributed by atoms with Crippen LogP contribution in [0, 0.1) is 5.92 Å². The maximum atomic E-state index is 5.61. The Kier molecular flexibility index (Phi) is 3.16. The number of rotatable bonds is 4. The second-order valence-electron chi connectivity index (χ2n) is 3.31. The molecule has 1 fully saturated rings. The fourth-order valence-corrected chi connectivity index (χ4v) is 1.18. The topological polar surface area (TPSA) is 35.2 Å². The van der Waals surface area contributed by atoms with Gasteiger partial charge in [0, 0.05) is 12.0 Å². The minimum atomic E-state index is 0.376. The third-order valence-corrected chi connectivity index (χ3v) is 1.98. The lowest BCUT2D eigenvalue weighted by molar-refractivity contribution is -0.0365. The smallest absolute Gasteiger partial charge is 0.0516 e. The lowest BCUT2D eigenvalue weighted by Gasteiger charge is -2.25. The molecule has 1 aliphatic heterocycles. The number of hydrogen-bond acceptors (Lipinski definition) is 2. The van der Waals surface area contributed by atoms with Gasteiger partial charge in [-0.25, -0.2) is 0 Å². The highest BCUT2D eigenvalue weighted by Crippen LogP contribution is 2.17. The average Bonchev–Trinajstić information content (AvgIpc) is 1.75. The summed E-state index contributed by atoms with van der Waals surface area (Å²) in [4.78, 5) is 0. The molecule has 2 nitrogen and oxygen atoms in total. The Bertz CT molecular complexity index is 89.3. The molecule has 60 valence electrons. The van der Waals surface area contributed by atoms with Crippen LogP contribution in [-0.4, -0.2) is 19.3 Å². The second kappa shape index (κ2) is 3.94. The van der Waals surface area contributed by atoms with Gasteiger partial charge in [0.15, 0.2) is 0 Å². The highest BCUT2D eigenvalue weighted by Gasteiger charge is 2.17. The molecule has 0 radical (unpaired) electrons. The maximum absolute atomic E-state index is 5.61. The van der Waals surface area contributed by atoms with Crippen LogP contribution in [0.15, 0.2) is 0 Å². The molecule has 0 amide bonds.